The number of carbonyl (C=O) groups is 1. The van der Waals surface area contributed by atoms with E-state index < -0.39 is 217 Å². The molecule has 5 aliphatic rings. The fraction of sp³-hybridized carbons (Fsp3) is 0.973. The molecular weight excluding hydrogens is 922 g/mol. The van der Waals surface area contributed by atoms with Crippen LogP contribution in [0.5, 0.6) is 0 Å². The van der Waals surface area contributed by atoms with Gasteiger partial charge in [-0.25, -0.2) is 0 Å². The molecule has 392 valence electrons. The quantitative estimate of drug-likeness (QED) is 0.0534. The largest absolute Gasteiger partial charge is 0.396 e. The van der Waals surface area contributed by atoms with E-state index in [9.17, 15) is 107 Å². The Bertz CT molecular complexity index is 1510. The molecule has 4 saturated heterocycles. The number of rotatable bonds is 19. The summed E-state index contributed by atoms with van der Waals surface area (Å²) in [6.45, 7) is -3.55. The maximum absolute atomic E-state index is 11.2. The van der Waals surface area contributed by atoms with Gasteiger partial charge in [-0.1, -0.05) is 0 Å². The van der Waals surface area contributed by atoms with Crippen molar-refractivity contribution in [3.05, 3.63) is 0 Å². The van der Waals surface area contributed by atoms with E-state index in [1.54, 1.807) is 0 Å². The highest BCUT2D eigenvalue weighted by atomic mass is 16.8. The molecule has 0 aromatic heterocycles. The number of hydrogen-bond acceptors (Lipinski definition) is 30. The highest BCUT2D eigenvalue weighted by Crippen LogP contribution is 2.36. The summed E-state index contributed by atoms with van der Waals surface area (Å²) < 4.78 is 44.6. The molecule has 30 nitrogen and oxygen atoms in total. The van der Waals surface area contributed by atoms with Gasteiger partial charge in [-0.15, -0.1) is 0 Å². The highest BCUT2D eigenvalue weighted by Gasteiger charge is 2.57. The molecule has 67 heavy (non-hydrogen) atoms. The minimum absolute atomic E-state index is 0.119. The van der Waals surface area contributed by atoms with Crippen molar-refractivity contribution in [2.24, 2.45) is 5.92 Å². The summed E-state index contributed by atoms with van der Waals surface area (Å²) in [5, 5.41) is 213. The SMILES string of the molecule is C[C@H]1O[C@H](O[C@H]2[C@H](O)[C@@H](O)[C@@H](O[C@H]3[C@H](O)[C@@H](O)[C@@H](O[C@H]4[C@H](O)[C@@H](O)[C@@H](O[C@@H]([C@H](O)[C@@H](O)C=O)[C@H](O)CO)O[C@@H]4CO)O[C@@H]3CO)O[C@@H]2CO)[C@H](O)[C@@H](O)[C@@H]1N[C@@H]1[C@H](O)[C@@H](O)[C@H](O)[C@@H](CO)[C@H]1O. The third-order valence-electron chi connectivity index (χ3n) is 12.8. The summed E-state index contributed by atoms with van der Waals surface area (Å²) >= 11 is 0. The Kier molecular flexibility index (Phi) is 20.5. The number of aliphatic hydroxyl groups is 20. The Labute approximate surface area is 379 Å². The molecule has 30 heteroatoms. The highest BCUT2D eigenvalue weighted by molar-refractivity contribution is 5.56. The zero-order valence-electron chi connectivity index (χ0n) is 35.6. The molecule has 0 bridgehead atoms. The zero-order valence-corrected chi connectivity index (χ0v) is 35.6. The number of carbonyl (C=O) groups excluding carboxylic acids is 1. The summed E-state index contributed by atoms with van der Waals surface area (Å²) in [4.78, 5) is 11.0. The van der Waals surface area contributed by atoms with Crippen LogP contribution in [-0.4, -0.2) is 319 Å². The van der Waals surface area contributed by atoms with Crippen LogP contribution < -0.4 is 5.32 Å². The van der Waals surface area contributed by atoms with Crippen LogP contribution in [0.2, 0.25) is 0 Å². The van der Waals surface area contributed by atoms with Crippen molar-refractivity contribution in [2.45, 2.75) is 185 Å². The summed E-state index contributed by atoms with van der Waals surface area (Å²) in [6, 6.07) is -2.77. The van der Waals surface area contributed by atoms with Crippen LogP contribution in [0.1, 0.15) is 6.92 Å². The van der Waals surface area contributed by atoms with E-state index in [4.69, 9.17) is 37.9 Å². The molecule has 0 aromatic carbocycles. The number of aliphatic hydroxyl groups excluding tert-OH is 20. The molecule has 5 rings (SSSR count). The predicted octanol–water partition coefficient (Wildman–Crippen LogP) is -14.0. The van der Waals surface area contributed by atoms with Crippen LogP contribution in [0.15, 0.2) is 0 Å². The van der Waals surface area contributed by atoms with Gasteiger partial charge in [0.1, 0.15) is 122 Å². The maximum Gasteiger partial charge on any atom is 0.187 e. The van der Waals surface area contributed by atoms with E-state index in [0.717, 1.165) is 0 Å². The average molecular weight is 988 g/mol. The third kappa shape index (κ3) is 11.7. The van der Waals surface area contributed by atoms with E-state index >= 15 is 0 Å². The normalized spacial score (nSPS) is 49.4. The number of ether oxygens (including phenoxy) is 8. The first kappa shape index (κ1) is 56.4. The minimum Gasteiger partial charge on any atom is -0.396 e. The van der Waals surface area contributed by atoms with Crippen LogP contribution in [-0.2, 0) is 42.7 Å². The van der Waals surface area contributed by atoms with Crippen molar-refractivity contribution in [1.29, 1.82) is 0 Å². The van der Waals surface area contributed by atoms with Crippen molar-refractivity contribution >= 4 is 6.29 Å². The molecule has 0 spiro atoms. The van der Waals surface area contributed by atoms with Crippen LogP contribution in [0.4, 0.5) is 0 Å². The average Bonchev–Trinajstić information content (AvgIpc) is 3.31. The van der Waals surface area contributed by atoms with Gasteiger partial charge in [0.2, 0.25) is 0 Å². The predicted molar refractivity (Wildman–Crippen MR) is 206 cm³/mol. The Balaban J connectivity index is 1.21. The van der Waals surface area contributed by atoms with E-state index in [-0.39, 0.29) is 6.29 Å². The molecule has 0 unspecified atom stereocenters. The molecule has 4 heterocycles. The van der Waals surface area contributed by atoms with Gasteiger partial charge < -0.3 is 150 Å². The Hall–Kier alpha value is -1.49. The lowest BCUT2D eigenvalue weighted by Gasteiger charge is -2.50. The summed E-state index contributed by atoms with van der Waals surface area (Å²) in [5.41, 5.74) is 0. The Morgan fingerprint density at radius 1 is 0.493 bits per heavy atom. The molecule has 0 amide bonds. The van der Waals surface area contributed by atoms with Crippen LogP contribution in [0, 0.1) is 5.92 Å². The summed E-state index contributed by atoms with van der Waals surface area (Å²) in [6.07, 6.45) is -51.7. The van der Waals surface area contributed by atoms with E-state index in [0.29, 0.717) is 0 Å². The Morgan fingerprint density at radius 3 is 1.31 bits per heavy atom. The van der Waals surface area contributed by atoms with Gasteiger partial charge in [0.05, 0.1) is 63.4 Å². The first-order chi connectivity index (χ1) is 31.6. The lowest BCUT2D eigenvalue weighted by Crippen LogP contribution is -2.72. The maximum atomic E-state index is 11.2. The molecule has 5 fully saturated rings. The summed E-state index contributed by atoms with van der Waals surface area (Å²) in [5.74, 6) is -1.31. The first-order valence-electron chi connectivity index (χ1n) is 21.3. The smallest absolute Gasteiger partial charge is 0.187 e. The molecule has 30 atom stereocenters. The van der Waals surface area contributed by atoms with E-state index in [1.807, 2.05) is 0 Å². The molecule has 21 N–H and O–H groups in total. The van der Waals surface area contributed by atoms with Crippen molar-refractivity contribution in [1.82, 2.24) is 5.32 Å². The topological polar surface area (TPSA) is 508 Å². The molecule has 1 aliphatic carbocycles. The molecule has 4 aliphatic heterocycles. The monoisotopic (exact) mass is 987 g/mol. The molecular formula is C37H65NO29. The van der Waals surface area contributed by atoms with Gasteiger partial charge in [0.15, 0.2) is 31.4 Å². The fourth-order valence-corrected chi connectivity index (χ4v) is 8.74. The van der Waals surface area contributed by atoms with E-state index in [1.165, 1.54) is 6.92 Å². The first-order valence-corrected chi connectivity index (χ1v) is 21.3. The van der Waals surface area contributed by atoms with E-state index in [2.05, 4.69) is 5.32 Å². The van der Waals surface area contributed by atoms with Crippen molar-refractivity contribution in [3.8, 4) is 0 Å². The fourth-order valence-electron chi connectivity index (χ4n) is 8.74. The third-order valence-corrected chi connectivity index (χ3v) is 12.8. The lowest BCUT2D eigenvalue weighted by molar-refractivity contribution is -0.389. The van der Waals surface area contributed by atoms with Crippen molar-refractivity contribution < 1.29 is 145 Å². The number of nitrogens with one attached hydrogen (secondary N) is 1. The second kappa shape index (κ2) is 24.3. The number of aldehydes is 1. The van der Waals surface area contributed by atoms with Gasteiger partial charge in [0, 0.05) is 5.92 Å². The van der Waals surface area contributed by atoms with Gasteiger partial charge in [-0.05, 0) is 6.92 Å². The van der Waals surface area contributed by atoms with Crippen molar-refractivity contribution in [3.63, 3.8) is 0 Å². The van der Waals surface area contributed by atoms with Gasteiger partial charge in [0.25, 0.3) is 0 Å². The molecule has 0 aromatic rings. The molecule has 0 radical (unpaired) electrons. The Morgan fingerprint density at radius 2 is 0.896 bits per heavy atom. The molecule has 1 saturated carbocycles. The summed E-state index contributed by atoms with van der Waals surface area (Å²) in [7, 11) is 0. The second-order valence-corrected chi connectivity index (χ2v) is 17.1. The van der Waals surface area contributed by atoms with Gasteiger partial charge >= 0.3 is 0 Å². The zero-order chi connectivity index (χ0) is 49.9. The second-order valence-electron chi connectivity index (χ2n) is 17.1. The van der Waals surface area contributed by atoms with Crippen LogP contribution in [0.25, 0.3) is 0 Å². The van der Waals surface area contributed by atoms with Crippen LogP contribution >= 0.6 is 0 Å². The lowest BCUT2D eigenvalue weighted by atomic mass is 9.76. The number of hydrogen-bond donors (Lipinski definition) is 21. The minimum atomic E-state index is -2.19. The van der Waals surface area contributed by atoms with Crippen LogP contribution in [0.3, 0.4) is 0 Å². The van der Waals surface area contributed by atoms with Gasteiger partial charge in [-0.3, -0.25) is 0 Å². The van der Waals surface area contributed by atoms with Gasteiger partial charge in [-0.2, -0.15) is 0 Å². The van der Waals surface area contributed by atoms with Crippen molar-refractivity contribution in [2.75, 3.05) is 33.0 Å². The standard InChI is InChI=1S/C37H65NO29/c1-8-15(38-16-17(47)9(2-39)18(48)22(52)21(16)51)20(50)26(56)34(60-8)65-31-12(5-42)62-36(28(58)24(31)54)67-33-14(7-44)63-37(29(59)25(33)55)66-32-13(6-43)61-35(27(57)23(32)53)64-30(11(46)4-41)19(49)10(45)3-40/h3,8-39,41-59H,2,4-7H2,1H3/t8-,9+,10+,11-,12-,13-,14-,15-,16+,17-,18-,19-,20+,21+,22+,23-,24-,25-,26-,27-,28-,29-,30-,31-,32-,33-,34-,35-,36-,37-/m1/s1.